The number of rotatable bonds is 38. The second-order valence-corrected chi connectivity index (χ2v) is 25.6. The van der Waals surface area contributed by atoms with E-state index in [4.69, 9.17) is 4.74 Å². The zero-order valence-corrected chi connectivity index (χ0v) is 54.3. The second-order valence-electron chi connectivity index (χ2n) is 25.6. The molecular formula is C62H109N11O11. The van der Waals surface area contributed by atoms with Crippen molar-refractivity contribution in [3.63, 3.8) is 0 Å². The third-order valence-electron chi connectivity index (χ3n) is 14.2. The Kier molecular flexibility index (Phi) is 32.9. The summed E-state index contributed by atoms with van der Waals surface area (Å²) < 4.78 is 5.26. The smallest absolute Gasteiger partial charge is 0.253 e. The van der Waals surface area contributed by atoms with E-state index in [0.29, 0.717) is 38.1 Å². The first-order valence-electron chi connectivity index (χ1n) is 30.3. The van der Waals surface area contributed by atoms with Crippen molar-refractivity contribution in [3.8, 4) is 0 Å². The molecule has 6 atom stereocenters. The molecule has 0 radical (unpaired) electrons. The van der Waals surface area contributed by atoms with E-state index in [9.17, 15) is 47.9 Å². The molecule has 0 aromatic carbocycles. The molecule has 478 valence electrons. The van der Waals surface area contributed by atoms with Gasteiger partial charge in [-0.3, -0.25) is 47.9 Å². The number of hydrogen-bond acceptors (Lipinski definition) is 12. The van der Waals surface area contributed by atoms with Crippen LogP contribution in [0, 0.1) is 17.8 Å². The number of likely N-dealkylation sites (tertiary alicyclic amines) is 1. The standard InChI is InChI=1S/C62H109N11O11/c1-20-22-23-24-25-26-28-45(65-55(79)49-29-27-34-73(49)56(80)42(9)30-31-44(21-2)84-19)51(75)66-47(36-40(5)6)53(77)69-61(13,14)58(82)68-46(35-39(3)4)52(76)67-48(37-41(7)8)54(78)70-62(15,16)59(83)71-60(11,12)57(81)63-33-32-50(74)64-43(10)38-72(17)18/h21,30-31,39-41,43,45-49H,9,20,22-29,32-38H2,1-8,10-19H3,(H,63,81)(H,64,74)(H,65,79)(H,66,75)(H,67,76)(H,68,82)(H,69,77)(H,70,78)(H,71,83)/b31-30-,44-21+/t43-,45-,46-,47-,48-,49-/m0/s1. The van der Waals surface area contributed by atoms with Gasteiger partial charge < -0.3 is 62.4 Å². The number of ether oxygens (including phenoxy) is 1. The first-order valence-corrected chi connectivity index (χ1v) is 30.3. The molecule has 22 nitrogen and oxygen atoms in total. The molecule has 1 saturated heterocycles. The summed E-state index contributed by atoms with van der Waals surface area (Å²) in [5, 5.41) is 25.1. The molecule has 0 aliphatic carbocycles. The fourth-order valence-electron chi connectivity index (χ4n) is 9.51. The molecule has 0 spiro atoms. The Balaban J connectivity index is 3.30. The third kappa shape index (κ3) is 27.6. The van der Waals surface area contributed by atoms with Crippen molar-refractivity contribution in [2.45, 2.75) is 240 Å². The lowest BCUT2D eigenvalue weighted by atomic mass is 9.96. The fourth-order valence-corrected chi connectivity index (χ4v) is 9.51. The first kappa shape index (κ1) is 75.7. The topological polar surface area (TPSA) is 295 Å². The van der Waals surface area contributed by atoms with Gasteiger partial charge in [-0.15, -0.1) is 0 Å². The molecule has 1 rings (SSSR count). The van der Waals surface area contributed by atoms with E-state index < -0.39 is 100.0 Å². The molecule has 0 aromatic heterocycles. The third-order valence-corrected chi connectivity index (χ3v) is 14.2. The minimum Gasteiger partial charge on any atom is -0.497 e. The Bertz CT molecular complexity index is 2290. The number of amides is 10. The molecule has 22 heteroatoms. The molecule has 0 unspecified atom stereocenters. The molecule has 1 heterocycles. The monoisotopic (exact) mass is 1180 g/mol. The van der Waals surface area contributed by atoms with Crippen LogP contribution < -0.4 is 47.9 Å². The Morgan fingerprint density at radius 3 is 1.61 bits per heavy atom. The molecule has 0 saturated carbocycles. The normalized spacial score (nSPS) is 15.9. The van der Waals surface area contributed by atoms with Crippen LogP contribution in [0.1, 0.15) is 187 Å². The highest BCUT2D eigenvalue weighted by molar-refractivity contribution is 6.01. The summed E-state index contributed by atoms with van der Waals surface area (Å²) in [6.45, 7) is 30.7. The SMILES string of the molecule is C=C(/C=C\C(=C/C)OC)C(=O)N1CCC[C@H]1C(=O)N[C@@H](CCCCCCCC)C(=O)N[C@@H](CC(C)C)C(=O)NC(C)(C)C(=O)N[C@@H](CC(C)C)C(=O)N[C@@H](CC(C)C)C(=O)NC(C)(C)C(=O)NC(C)(C)C(=O)NCCC(=O)N[C@@H](C)CN(C)C. The number of nitrogens with one attached hydrogen (secondary N) is 9. The number of carbonyl (C=O) groups excluding carboxylic acids is 10. The van der Waals surface area contributed by atoms with E-state index in [2.05, 4.69) is 61.4 Å². The maximum absolute atomic E-state index is 14.4. The van der Waals surface area contributed by atoms with Gasteiger partial charge in [-0.05, 0) is 144 Å². The van der Waals surface area contributed by atoms with Crippen LogP contribution in [0.15, 0.2) is 36.1 Å². The van der Waals surface area contributed by atoms with Crippen molar-refractivity contribution >= 4 is 59.1 Å². The van der Waals surface area contributed by atoms with Gasteiger partial charge in [0.25, 0.3) is 5.91 Å². The number of carbonyl (C=O) groups is 10. The maximum Gasteiger partial charge on any atom is 0.253 e. The van der Waals surface area contributed by atoms with E-state index in [-0.39, 0.29) is 73.9 Å². The summed E-state index contributed by atoms with van der Waals surface area (Å²) >= 11 is 0. The molecule has 9 N–H and O–H groups in total. The molecule has 10 amide bonds. The second kappa shape index (κ2) is 36.5. The Labute approximate surface area is 502 Å². The molecule has 0 aromatic rings. The Morgan fingerprint density at radius 1 is 0.619 bits per heavy atom. The van der Waals surface area contributed by atoms with Crippen LogP contribution in [-0.2, 0) is 52.7 Å². The van der Waals surface area contributed by atoms with Gasteiger partial charge in [0, 0.05) is 37.7 Å². The van der Waals surface area contributed by atoms with Crippen molar-refractivity contribution in [2.24, 2.45) is 17.8 Å². The van der Waals surface area contributed by atoms with Gasteiger partial charge in [0.2, 0.25) is 53.2 Å². The van der Waals surface area contributed by atoms with Crippen molar-refractivity contribution in [1.29, 1.82) is 0 Å². The largest absolute Gasteiger partial charge is 0.497 e. The van der Waals surface area contributed by atoms with E-state index in [0.717, 1.165) is 32.1 Å². The zero-order valence-electron chi connectivity index (χ0n) is 54.3. The fraction of sp³-hybridized carbons (Fsp3) is 0.742. The summed E-state index contributed by atoms with van der Waals surface area (Å²) in [5.74, 6) is -5.56. The first-order chi connectivity index (χ1) is 39.0. The average molecular weight is 1180 g/mol. The minimum atomic E-state index is -1.65. The Morgan fingerprint density at radius 2 is 1.11 bits per heavy atom. The number of allylic oxidation sites excluding steroid dienone is 2. The summed E-state index contributed by atoms with van der Waals surface area (Å²) in [4.78, 5) is 142. The van der Waals surface area contributed by atoms with Gasteiger partial charge in [0.15, 0.2) is 0 Å². The lowest BCUT2D eigenvalue weighted by Gasteiger charge is -2.34. The molecule has 0 bridgehead atoms. The molecule has 84 heavy (non-hydrogen) atoms. The predicted molar refractivity (Wildman–Crippen MR) is 328 cm³/mol. The number of nitrogens with zero attached hydrogens (tertiary/aromatic N) is 2. The van der Waals surface area contributed by atoms with Gasteiger partial charge in [-0.25, -0.2) is 0 Å². The van der Waals surface area contributed by atoms with E-state index >= 15 is 0 Å². The Hall–Kier alpha value is -6.32. The average Bonchev–Trinajstić information content (AvgIpc) is 4.04. The quantitative estimate of drug-likeness (QED) is 0.0176. The highest BCUT2D eigenvalue weighted by atomic mass is 16.5. The van der Waals surface area contributed by atoms with Crippen molar-refractivity contribution in [1.82, 2.24) is 57.7 Å². The van der Waals surface area contributed by atoms with Crippen LogP contribution >= 0.6 is 0 Å². The highest BCUT2D eigenvalue weighted by Crippen LogP contribution is 2.22. The summed E-state index contributed by atoms with van der Waals surface area (Å²) in [5.41, 5.74) is -4.52. The number of hydrogen-bond donors (Lipinski definition) is 9. The van der Waals surface area contributed by atoms with Gasteiger partial charge in [-0.1, -0.05) is 93.6 Å². The van der Waals surface area contributed by atoms with Crippen LogP contribution in [0.3, 0.4) is 0 Å². The van der Waals surface area contributed by atoms with Crippen LogP contribution in [-0.4, -0.2) is 163 Å². The zero-order chi connectivity index (χ0) is 64.3. The van der Waals surface area contributed by atoms with Crippen molar-refractivity contribution in [3.05, 3.63) is 36.1 Å². The predicted octanol–water partition coefficient (Wildman–Crippen LogP) is 4.73. The maximum atomic E-state index is 14.4. The number of unbranched alkanes of at least 4 members (excludes halogenated alkanes) is 5. The van der Waals surface area contributed by atoms with E-state index in [1.54, 1.807) is 19.1 Å². The lowest BCUT2D eigenvalue weighted by molar-refractivity contribution is -0.139. The van der Waals surface area contributed by atoms with Gasteiger partial charge in [0.1, 0.15) is 52.6 Å². The number of methoxy groups -OCH3 is 1. The lowest BCUT2D eigenvalue weighted by Crippen LogP contribution is -2.65. The van der Waals surface area contributed by atoms with Crippen LogP contribution in [0.5, 0.6) is 0 Å². The van der Waals surface area contributed by atoms with Crippen molar-refractivity contribution in [2.75, 3.05) is 40.8 Å². The molecule has 1 aliphatic rings. The van der Waals surface area contributed by atoms with Gasteiger partial charge in [0.05, 0.1) is 7.11 Å². The summed E-state index contributed by atoms with van der Waals surface area (Å²) in [6.07, 6.45) is 12.2. The van der Waals surface area contributed by atoms with E-state index in [1.165, 1.54) is 59.6 Å². The number of likely N-dealkylation sites (N-methyl/N-ethyl adjacent to an activating group) is 1. The van der Waals surface area contributed by atoms with Crippen LogP contribution in [0.25, 0.3) is 0 Å². The van der Waals surface area contributed by atoms with Crippen LogP contribution in [0.4, 0.5) is 0 Å². The molecule has 1 fully saturated rings. The minimum absolute atomic E-state index is 0.0256. The van der Waals surface area contributed by atoms with Crippen LogP contribution in [0.2, 0.25) is 0 Å². The summed E-state index contributed by atoms with van der Waals surface area (Å²) in [6, 6.07) is -5.49. The molecular weight excluding hydrogens is 1070 g/mol. The van der Waals surface area contributed by atoms with E-state index in [1.807, 2.05) is 67.5 Å². The summed E-state index contributed by atoms with van der Waals surface area (Å²) in [7, 11) is 5.30. The van der Waals surface area contributed by atoms with Gasteiger partial charge in [-0.2, -0.15) is 0 Å². The van der Waals surface area contributed by atoms with Gasteiger partial charge >= 0.3 is 0 Å². The molecule has 1 aliphatic heterocycles. The van der Waals surface area contributed by atoms with Crippen molar-refractivity contribution < 1.29 is 52.7 Å². The highest BCUT2D eigenvalue weighted by Gasteiger charge is 2.41.